The molecule has 0 aliphatic heterocycles. The minimum absolute atomic E-state index is 0. The van der Waals surface area contributed by atoms with Crippen molar-refractivity contribution in [2.24, 2.45) is 14.1 Å². The summed E-state index contributed by atoms with van der Waals surface area (Å²) in [7, 11) is 3.88. The third-order valence-corrected chi connectivity index (χ3v) is 13.3. The fourth-order valence-corrected chi connectivity index (χ4v) is 9.14. The maximum Gasteiger partial charge on any atom is 1.00 e. The summed E-state index contributed by atoms with van der Waals surface area (Å²) in [5.74, 6) is 3.51. The van der Waals surface area contributed by atoms with Crippen molar-refractivity contribution in [1.82, 2.24) is 39.0 Å². The number of anilines is 6. The van der Waals surface area contributed by atoms with Gasteiger partial charge in [0.05, 0.1) is 32.5 Å². The molecule has 2 fully saturated rings. The van der Waals surface area contributed by atoms with E-state index in [1.54, 1.807) is 36.9 Å². The average Bonchev–Trinajstić information content (AvgIpc) is 4.15. The molecule has 2 aromatic carbocycles. The number of aromatic hydroxyl groups is 1. The minimum Gasteiger partial charge on any atom is -1.00 e. The molecule has 0 amide bonds. The van der Waals surface area contributed by atoms with Crippen LogP contribution in [0.3, 0.4) is 0 Å². The second-order valence-corrected chi connectivity index (χ2v) is 19.6. The molecule has 0 bridgehead atoms. The number of aryl methyl sites for hydroxylation is 2. The molecule has 0 radical (unpaired) electrons. The Bertz CT molecular complexity index is 2660. The molecule has 8 rings (SSSR count). The number of unbranched alkanes of at least 4 members (excludes halogenated alkanes) is 6. The zero-order valence-corrected chi connectivity index (χ0v) is 55.0. The standard InChI is InChI=1S/C27H38N6O3.C18H22N6O.C9H17BrO2.CH2O3.2K.H/c1-3-35-23(34)13-9-4-5-10-18-36-22-16-14-21(15-17-22)30-27-31-25(29-20-11-7-6-8-12-20)24-26(32-27)33(2)19-28-24;1-24-11-19-15-16(20-12-5-3-2-4-6-12)22-18(23-17(15)24)21-13-7-9-14(25)10-8-13;1-2-12-9(11)7-5-3-4-6-8-10;2-1-4-3;;;/h14-17,19-20H,3-13,18H2,1-2H3,(H2,29,30,31,32);7-12,25H,2-6H2,1H3,(H2,20,21,22,23);2-8H2,1H3;1,3H;;;/q;;;;2*+1;-1/p-1. The van der Waals surface area contributed by atoms with Gasteiger partial charge in [-0.3, -0.25) is 14.4 Å². The molecule has 2 saturated carbocycles. The third kappa shape index (κ3) is 26.1. The van der Waals surface area contributed by atoms with Crippen LogP contribution in [-0.4, -0.2) is 99.8 Å². The maximum absolute atomic E-state index is 11.4. The van der Waals surface area contributed by atoms with Gasteiger partial charge < -0.3 is 61.3 Å². The van der Waals surface area contributed by atoms with Gasteiger partial charge in [0.15, 0.2) is 34.0 Å². The van der Waals surface area contributed by atoms with E-state index < -0.39 is 0 Å². The quantitative estimate of drug-likeness (QED) is 0.00757. The van der Waals surface area contributed by atoms with E-state index in [0.717, 1.165) is 108 Å². The van der Waals surface area contributed by atoms with Gasteiger partial charge in [-0.05, 0) is 114 Å². The van der Waals surface area contributed by atoms with Gasteiger partial charge >= 0.3 is 115 Å². The van der Waals surface area contributed by atoms with Gasteiger partial charge in [0, 0.05) is 55.7 Å². The molecule has 422 valence electrons. The number of nitrogens with zero attached hydrogens (tertiary/aromatic N) is 8. The number of rotatable bonds is 25. The molecular formula is C55H79BrK2N12O9. The molecule has 2 aliphatic rings. The Kier molecular flexibility index (Phi) is 35.9. The molecule has 0 spiro atoms. The van der Waals surface area contributed by atoms with Gasteiger partial charge in [0.1, 0.15) is 11.5 Å². The molecule has 6 aromatic rings. The fraction of sp³-hybridized carbons (Fsp3) is 0.545. The number of fused-ring (bicyclic) bond motifs is 2. The molecule has 0 atom stereocenters. The topological polar surface area (TPSA) is 267 Å². The number of benzene rings is 2. The number of carbonyl (C=O) groups excluding carboxylic acids is 3. The predicted molar refractivity (Wildman–Crippen MR) is 302 cm³/mol. The van der Waals surface area contributed by atoms with Gasteiger partial charge in [0.25, 0.3) is 6.47 Å². The molecule has 4 aromatic heterocycles. The van der Waals surface area contributed by atoms with Crippen molar-refractivity contribution < 1.29 is 148 Å². The number of aromatic nitrogens is 8. The van der Waals surface area contributed by atoms with Gasteiger partial charge in [-0.2, -0.15) is 19.9 Å². The van der Waals surface area contributed by atoms with E-state index in [2.05, 4.69) is 62.0 Å². The van der Waals surface area contributed by atoms with Crippen LogP contribution >= 0.6 is 15.9 Å². The summed E-state index contributed by atoms with van der Waals surface area (Å²) in [5.41, 5.74) is 4.90. The summed E-state index contributed by atoms with van der Waals surface area (Å²) in [6.07, 6.45) is 25.3. The van der Waals surface area contributed by atoms with E-state index >= 15 is 0 Å². The van der Waals surface area contributed by atoms with Crippen molar-refractivity contribution in [3.05, 3.63) is 61.2 Å². The van der Waals surface area contributed by atoms with E-state index in [4.69, 9.17) is 34.2 Å². The first-order valence-corrected chi connectivity index (χ1v) is 28.2. The minimum atomic E-state index is -0.181. The van der Waals surface area contributed by atoms with E-state index in [1.165, 1.54) is 64.2 Å². The summed E-state index contributed by atoms with van der Waals surface area (Å²) in [5, 5.41) is 32.6. The van der Waals surface area contributed by atoms with Crippen molar-refractivity contribution in [3.8, 4) is 11.5 Å². The SMILES string of the molecule is CCOC(=O)CCCCCCBr.CCOC(=O)CCCCCCOc1ccc(Nc2nc(NC3CCCCC3)c3ncn(C)c3n2)cc1.Cn1cnc2c(NC3CCCCC3)nc(Nc3ccc(O)cc3)nc21.O=CO[O-].[H-].[K+].[K+]. The van der Waals surface area contributed by atoms with Crippen LogP contribution in [0.25, 0.3) is 22.3 Å². The third-order valence-electron chi connectivity index (χ3n) is 12.7. The van der Waals surface area contributed by atoms with Crippen LogP contribution in [0, 0.1) is 0 Å². The van der Waals surface area contributed by atoms with Gasteiger partial charge in [-0.15, -0.1) is 0 Å². The first-order chi connectivity index (χ1) is 37.5. The molecule has 0 saturated heterocycles. The number of halogens is 1. The number of ether oxygens (including phenoxy) is 3. The second kappa shape index (κ2) is 40.6. The number of alkyl halides is 1. The number of nitrogens with one attached hydrogen (secondary N) is 4. The number of phenols is 1. The van der Waals surface area contributed by atoms with Gasteiger partial charge in [-0.25, -0.2) is 9.97 Å². The first kappa shape index (κ1) is 69.7. The van der Waals surface area contributed by atoms with Crippen LogP contribution in [0.15, 0.2) is 61.2 Å². The Morgan fingerprint density at radius 3 is 1.49 bits per heavy atom. The number of hydrogen-bond donors (Lipinski definition) is 5. The van der Waals surface area contributed by atoms with E-state index in [0.29, 0.717) is 56.6 Å². The predicted octanol–water partition coefficient (Wildman–Crippen LogP) is 4.75. The van der Waals surface area contributed by atoms with Crippen molar-refractivity contribution in [1.29, 1.82) is 0 Å². The molecule has 79 heavy (non-hydrogen) atoms. The summed E-state index contributed by atoms with van der Waals surface area (Å²) in [6.45, 7) is 5.09. The van der Waals surface area contributed by atoms with E-state index in [-0.39, 0.29) is 128 Å². The molecule has 21 nitrogen and oxygen atoms in total. The largest absolute Gasteiger partial charge is 1.00 e. The maximum atomic E-state index is 11.4. The number of phenolic OH excluding ortho intramolecular Hbond substituents is 1. The van der Waals surface area contributed by atoms with Crippen LogP contribution in [0.5, 0.6) is 11.5 Å². The van der Waals surface area contributed by atoms with Gasteiger partial charge in [-0.1, -0.05) is 80.1 Å². The van der Waals surface area contributed by atoms with Crippen molar-refractivity contribution in [2.45, 2.75) is 154 Å². The zero-order chi connectivity index (χ0) is 55.0. The Morgan fingerprint density at radius 2 is 1.08 bits per heavy atom. The van der Waals surface area contributed by atoms with Crippen LogP contribution in [0.4, 0.5) is 34.9 Å². The van der Waals surface area contributed by atoms with Crippen LogP contribution < -0.4 is 134 Å². The van der Waals surface area contributed by atoms with Crippen molar-refractivity contribution in [3.63, 3.8) is 0 Å². The molecule has 2 aliphatic carbocycles. The fourth-order valence-electron chi connectivity index (χ4n) is 8.74. The van der Waals surface area contributed by atoms with Crippen molar-refractivity contribution >= 4 is 91.6 Å². The van der Waals surface area contributed by atoms with E-state index in [1.807, 2.05) is 61.3 Å². The summed E-state index contributed by atoms with van der Waals surface area (Å²) in [6, 6.07) is 15.6. The van der Waals surface area contributed by atoms with Crippen LogP contribution in [0.2, 0.25) is 0 Å². The number of imidazole rings is 2. The molecular weight excluding hydrogens is 1130 g/mol. The number of hydrogen-bond acceptors (Lipinski definition) is 19. The first-order valence-electron chi connectivity index (χ1n) is 27.1. The zero-order valence-electron chi connectivity index (χ0n) is 48.1. The summed E-state index contributed by atoms with van der Waals surface area (Å²) >= 11 is 3.36. The molecule has 4 heterocycles. The Morgan fingerprint density at radius 1 is 0.658 bits per heavy atom. The Hall–Kier alpha value is -3.54. The monoisotopic (exact) mass is 1210 g/mol. The van der Waals surface area contributed by atoms with Crippen molar-refractivity contribution in [2.75, 3.05) is 46.4 Å². The molecule has 0 unspecified atom stereocenters. The van der Waals surface area contributed by atoms with Gasteiger partial charge in [0.2, 0.25) is 11.9 Å². The number of carbonyl (C=O) groups is 3. The van der Waals surface area contributed by atoms with E-state index in [9.17, 15) is 14.7 Å². The van der Waals surface area contributed by atoms with Crippen LogP contribution in [0.1, 0.15) is 144 Å². The van der Waals surface area contributed by atoms with Crippen LogP contribution in [-0.2, 0) is 42.8 Å². The summed E-state index contributed by atoms with van der Waals surface area (Å²) < 4.78 is 19.4. The molecule has 5 N–H and O–H groups in total. The second-order valence-electron chi connectivity index (χ2n) is 18.8. The number of esters is 2. The Labute approximate surface area is 559 Å². The average molecular weight is 1210 g/mol. The normalized spacial score (nSPS) is 13.0. The summed E-state index contributed by atoms with van der Waals surface area (Å²) in [4.78, 5) is 61.1. The smallest absolute Gasteiger partial charge is 1.00 e. The Balaban J connectivity index is 0.000000431. The molecule has 24 heteroatoms.